The Labute approximate surface area is 110 Å². The van der Waals surface area contributed by atoms with E-state index < -0.39 is 9.84 Å². The average Bonchev–Trinajstić information content (AvgIpc) is 2.39. The van der Waals surface area contributed by atoms with Crippen molar-refractivity contribution in [3.8, 4) is 0 Å². The Bertz CT molecular complexity index is 364. The Hall–Kier alpha value is -0.170. The van der Waals surface area contributed by atoms with E-state index in [0.717, 1.165) is 32.7 Å². The summed E-state index contributed by atoms with van der Waals surface area (Å²) >= 11 is 0. The first kappa shape index (κ1) is 14.2. The van der Waals surface area contributed by atoms with Gasteiger partial charge in [-0.05, 0) is 12.8 Å². The fraction of sp³-hybridized carbons (Fsp3) is 1.00. The molecule has 0 aliphatic carbocycles. The average molecular weight is 276 g/mol. The molecule has 3 saturated heterocycles. The fourth-order valence-electron chi connectivity index (χ4n) is 2.87. The maximum absolute atomic E-state index is 11.4. The minimum atomic E-state index is -2.89. The lowest BCUT2D eigenvalue weighted by molar-refractivity contribution is -0.0480. The van der Waals surface area contributed by atoms with Gasteiger partial charge in [0, 0.05) is 44.5 Å². The molecule has 3 aliphatic heterocycles. The van der Waals surface area contributed by atoms with Crippen LogP contribution in [-0.4, -0.2) is 79.7 Å². The van der Waals surface area contributed by atoms with Gasteiger partial charge in [0.15, 0.2) is 0 Å². The quantitative estimate of drug-likeness (QED) is 0.713. The first-order valence-corrected chi connectivity index (χ1v) is 8.69. The zero-order valence-corrected chi connectivity index (χ0v) is 11.9. The minimum Gasteiger partial charge on any atom is -0.391 e. The Morgan fingerprint density at radius 1 is 1.28 bits per heavy atom. The van der Waals surface area contributed by atoms with Gasteiger partial charge in [0.25, 0.3) is 0 Å². The van der Waals surface area contributed by atoms with Gasteiger partial charge in [0.05, 0.1) is 11.9 Å². The summed E-state index contributed by atoms with van der Waals surface area (Å²) in [5.41, 5.74) is 0. The number of rotatable bonds is 6. The monoisotopic (exact) mass is 276 g/mol. The standard InChI is InChI=1S/C12H24N2O3S/c1-2-18(16,17)9-3-4-12(15)11-10-13-5-7-14(11)8-6-13/h11-12,15H,2-10H2,1H3. The lowest BCUT2D eigenvalue weighted by Crippen LogP contribution is -2.64. The normalized spacial score (nSPS) is 33.6. The van der Waals surface area contributed by atoms with Crippen LogP contribution in [0.5, 0.6) is 0 Å². The largest absolute Gasteiger partial charge is 0.391 e. The van der Waals surface area contributed by atoms with Crippen LogP contribution in [0, 0.1) is 0 Å². The van der Waals surface area contributed by atoms with Crippen LogP contribution < -0.4 is 0 Å². The van der Waals surface area contributed by atoms with Gasteiger partial charge in [-0.25, -0.2) is 8.42 Å². The lowest BCUT2D eigenvalue weighted by Gasteiger charge is -2.49. The molecule has 3 heterocycles. The number of nitrogens with zero attached hydrogens (tertiary/aromatic N) is 2. The third kappa shape index (κ3) is 3.44. The van der Waals surface area contributed by atoms with E-state index >= 15 is 0 Å². The van der Waals surface area contributed by atoms with E-state index in [1.54, 1.807) is 6.92 Å². The van der Waals surface area contributed by atoms with E-state index in [4.69, 9.17) is 0 Å². The second-order valence-corrected chi connectivity index (χ2v) is 7.82. The summed E-state index contributed by atoms with van der Waals surface area (Å²) in [6.45, 7) is 6.89. The van der Waals surface area contributed by atoms with Gasteiger partial charge in [-0.15, -0.1) is 0 Å². The van der Waals surface area contributed by atoms with Crippen LogP contribution >= 0.6 is 0 Å². The molecule has 0 saturated carbocycles. The summed E-state index contributed by atoms with van der Waals surface area (Å²) < 4.78 is 22.8. The van der Waals surface area contributed by atoms with E-state index in [9.17, 15) is 13.5 Å². The molecule has 0 amide bonds. The van der Waals surface area contributed by atoms with E-state index in [1.807, 2.05) is 0 Å². The van der Waals surface area contributed by atoms with E-state index in [0.29, 0.717) is 12.8 Å². The zero-order valence-electron chi connectivity index (χ0n) is 11.1. The number of fused-ring (bicyclic) bond motifs is 3. The van der Waals surface area contributed by atoms with Gasteiger partial charge < -0.3 is 5.11 Å². The fourth-order valence-corrected chi connectivity index (χ4v) is 3.77. The molecule has 106 valence electrons. The number of hydrogen-bond acceptors (Lipinski definition) is 5. The van der Waals surface area contributed by atoms with E-state index in [2.05, 4.69) is 9.80 Å². The number of aliphatic hydroxyl groups is 1. The van der Waals surface area contributed by atoms with Crippen molar-refractivity contribution >= 4 is 9.84 Å². The van der Waals surface area contributed by atoms with Crippen molar-refractivity contribution in [1.29, 1.82) is 0 Å². The summed E-state index contributed by atoms with van der Waals surface area (Å²) in [5, 5.41) is 10.2. The SMILES string of the molecule is CCS(=O)(=O)CCCC(O)C1CN2CCN1CC2. The molecule has 2 atom stereocenters. The van der Waals surface area contributed by atoms with Crippen LogP contribution in [-0.2, 0) is 9.84 Å². The smallest absolute Gasteiger partial charge is 0.150 e. The van der Waals surface area contributed by atoms with Crippen LogP contribution in [0.2, 0.25) is 0 Å². The van der Waals surface area contributed by atoms with E-state index in [1.165, 1.54) is 0 Å². The molecule has 0 aromatic rings. The summed E-state index contributed by atoms with van der Waals surface area (Å²) in [5.74, 6) is 0.406. The highest BCUT2D eigenvalue weighted by Gasteiger charge is 2.35. The topological polar surface area (TPSA) is 60.9 Å². The molecule has 0 spiro atoms. The maximum Gasteiger partial charge on any atom is 0.150 e. The third-order valence-corrected chi connectivity index (χ3v) is 5.95. The Balaban J connectivity index is 1.77. The summed E-state index contributed by atoms with van der Waals surface area (Å²) in [4.78, 5) is 4.73. The molecule has 2 unspecified atom stereocenters. The predicted molar refractivity (Wildman–Crippen MR) is 71.4 cm³/mol. The highest BCUT2D eigenvalue weighted by Crippen LogP contribution is 2.20. The highest BCUT2D eigenvalue weighted by atomic mass is 32.2. The Morgan fingerprint density at radius 3 is 2.44 bits per heavy atom. The van der Waals surface area contributed by atoms with Crippen LogP contribution in [0.3, 0.4) is 0 Å². The molecule has 6 heteroatoms. The molecule has 18 heavy (non-hydrogen) atoms. The van der Waals surface area contributed by atoms with Crippen molar-refractivity contribution in [1.82, 2.24) is 9.80 Å². The van der Waals surface area contributed by atoms with Crippen molar-refractivity contribution < 1.29 is 13.5 Å². The molecule has 3 fully saturated rings. The van der Waals surface area contributed by atoms with Crippen LogP contribution in [0.15, 0.2) is 0 Å². The number of aliphatic hydroxyl groups excluding tert-OH is 1. The highest BCUT2D eigenvalue weighted by molar-refractivity contribution is 7.91. The minimum absolute atomic E-state index is 0.201. The van der Waals surface area contributed by atoms with E-state index in [-0.39, 0.29) is 23.7 Å². The molecule has 0 aromatic carbocycles. The molecule has 3 rings (SSSR count). The Morgan fingerprint density at radius 2 is 1.94 bits per heavy atom. The molecule has 3 aliphatic rings. The van der Waals surface area contributed by atoms with Gasteiger partial charge in [-0.3, -0.25) is 9.80 Å². The summed E-state index contributed by atoms with van der Waals surface area (Å²) in [6.07, 6.45) is 0.774. The maximum atomic E-state index is 11.4. The van der Waals surface area contributed by atoms with Gasteiger partial charge in [-0.1, -0.05) is 6.92 Å². The summed E-state index contributed by atoms with van der Waals surface area (Å²) in [6, 6.07) is 0.205. The van der Waals surface area contributed by atoms with Crippen molar-refractivity contribution in [3.05, 3.63) is 0 Å². The number of hydrogen-bond donors (Lipinski definition) is 1. The van der Waals surface area contributed by atoms with Gasteiger partial charge >= 0.3 is 0 Å². The molecule has 0 aromatic heterocycles. The lowest BCUT2D eigenvalue weighted by atomic mass is 9.99. The van der Waals surface area contributed by atoms with Crippen molar-refractivity contribution in [2.24, 2.45) is 0 Å². The second kappa shape index (κ2) is 5.86. The van der Waals surface area contributed by atoms with Crippen LogP contribution in [0.25, 0.3) is 0 Å². The molecule has 2 bridgehead atoms. The zero-order chi connectivity index (χ0) is 13.2. The van der Waals surface area contributed by atoms with Gasteiger partial charge in [-0.2, -0.15) is 0 Å². The van der Waals surface area contributed by atoms with Crippen molar-refractivity contribution in [2.75, 3.05) is 44.2 Å². The molecule has 1 N–H and O–H groups in total. The number of sulfone groups is 1. The Kier molecular flexibility index (Phi) is 4.64. The van der Waals surface area contributed by atoms with Crippen LogP contribution in [0.4, 0.5) is 0 Å². The van der Waals surface area contributed by atoms with Gasteiger partial charge in [0.1, 0.15) is 9.84 Å². The molecular weight excluding hydrogens is 252 g/mol. The molecule has 0 radical (unpaired) electrons. The first-order valence-electron chi connectivity index (χ1n) is 6.87. The molecule has 5 nitrogen and oxygen atoms in total. The number of piperazine rings is 3. The molecular formula is C12H24N2O3S. The summed E-state index contributed by atoms with van der Waals surface area (Å²) in [7, 11) is -2.89. The second-order valence-electron chi connectivity index (χ2n) is 5.35. The van der Waals surface area contributed by atoms with Gasteiger partial charge in [0.2, 0.25) is 0 Å². The van der Waals surface area contributed by atoms with Crippen molar-refractivity contribution in [3.63, 3.8) is 0 Å². The predicted octanol–water partition coefficient (Wildman–Crippen LogP) is -0.438. The first-order chi connectivity index (χ1) is 8.52. The third-order valence-electron chi connectivity index (χ3n) is 4.16. The van der Waals surface area contributed by atoms with Crippen LogP contribution in [0.1, 0.15) is 19.8 Å². The van der Waals surface area contributed by atoms with Crippen molar-refractivity contribution in [2.45, 2.75) is 31.9 Å².